The topological polar surface area (TPSA) is 32.8 Å². The molecule has 4 rings (SSSR count). The van der Waals surface area contributed by atoms with E-state index in [0.29, 0.717) is 44.0 Å². The van der Waals surface area contributed by atoms with Crippen molar-refractivity contribution in [2.24, 2.45) is 11.8 Å². The number of hydrogen-bond acceptors (Lipinski definition) is 3. The Morgan fingerprint density at radius 1 is 1.03 bits per heavy atom. The van der Waals surface area contributed by atoms with Gasteiger partial charge in [0.25, 0.3) is 0 Å². The van der Waals surface area contributed by atoms with Crippen LogP contribution in [0.25, 0.3) is 0 Å². The SMILES string of the molecule is CC(C)COc1ccc(CN(Cc2ccc(F)cc2)C(=O)CC2CCN3CCC[C@@H]3C2)cc1. The van der Waals surface area contributed by atoms with Crippen molar-refractivity contribution in [1.82, 2.24) is 9.80 Å². The summed E-state index contributed by atoms with van der Waals surface area (Å²) in [4.78, 5) is 18.0. The van der Waals surface area contributed by atoms with Gasteiger partial charge in [-0.1, -0.05) is 38.1 Å². The van der Waals surface area contributed by atoms with Crippen LogP contribution in [0.4, 0.5) is 4.39 Å². The Hall–Kier alpha value is -2.40. The van der Waals surface area contributed by atoms with Crippen molar-refractivity contribution in [3.8, 4) is 5.75 Å². The van der Waals surface area contributed by atoms with E-state index in [0.717, 1.165) is 36.3 Å². The van der Waals surface area contributed by atoms with Crippen LogP contribution in [0, 0.1) is 17.7 Å². The van der Waals surface area contributed by atoms with Crippen LogP contribution >= 0.6 is 0 Å². The van der Waals surface area contributed by atoms with Crippen molar-refractivity contribution in [2.75, 3.05) is 19.7 Å². The van der Waals surface area contributed by atoms with Crippen molar-refractivity contribution < 1.29 is 13.9 Å². The highest BCUT2D eigenvalue weighted by Crippen LogP contribution is 2.32. The monoisotopic (exact) mass is 452 g/mol. The molecule has 0 aliphatic carbocycles. The predicted molar refractivity (Wildman–Crippen MR) is 129 cm³/mol. The summed E-state index contributed by atoms with van der Waals surface area (Å²) < 4.78 is 19.2. The second-order valence-corrected chi connectivity index (χ2v) is 10.2. The number of carbonyl (C=O) groups is 1. The van der Waals surface area contributed by atoms with Crippen LogP contribution in [0.2, 0.25) is 0 Å². The predicted octanol–water partition coefficient (Wildman–Crippen LogP) is 5.65. The van der Waals surface area contributed by atoms with Gasteiger partial charge < -0.3 is 14.5 Å². The zero-order chi connectivity index (χ0) is 23.2. The molecule has 2 fully saturated rings. The molecule has 2 aromatic rings. The van der Waals surface area contributed by atoms with Gasteiger partial charge in [0.15, 0.2) is 0 Å². The van der Waals surface area contributed by atoms with Gasteiger partial charge in [-0.05, 0) is 86.0 Å². The Balaban J connectivity index is 1.42. The quantitative estimate of drug-likeness (QED) is 0.493. The van der Waals surface area contributed by atoms with Crippen molar-refractivity contribution in [3.05, 3.63) is 65.5 Å². The van der Waals surface area contributed by atoms with Gasteiger partial charge in [-0.25, -0.2) is 4.39 Å². The van der Waals surface area contributed by atoms with Crippen LogP contribution in [0.1, 0.15) is 57.1 Å². The van der Waals surface area contributed by atoms with E-state index in [2.05, 4.69) is 18.7 Å². The molecular formula is C28H37FN2O2. The number of nitrogens with zero attached hydrogens (tertiary/aromatic N) is 2. The average molecular weight is 453 g/mol. The van der Waals surface area contributed by atoms with E-state index in [1.807, 2.05) is 29.2 Å². The Bertz CT molecular complexity index is 897. The fourth-order valence-corrected chi connectivity index (χ4v) is 5.09. The van der Waals surface area contributed by atoms with Gasteiger partial charge in [0.05, 0.1) is 6.61 Å². The van der Waals surface area contributed by atoms with Gasteiger partial charge in [-0.15, -0.1) is 0 Å². The van der Waals surface area contributed by atoms with Crippen molar-refractivity contribution in [3.63, 3.8) is 0 Å². The molecule has 0 radical (unpaired) electrons. The molecule has 2 heterocycles. The van der Waals surface area contributed by atoms with Crippen LogP contribution in [-0.4, -0.2) is 41.4 Å². The fraction of sp³-hybridized carbons (Fsp3) is 0.536. The van der Waals surface area contributed by atoms with Gasteiger partial charge in [0.2, 0.25) is 5.91 Å². The minimum atomic E-state index is -0.253. The molecule has 4 nitrogen and oxygen atoms in total. The summed E-state index contributed by atoms with van der Waals surface area (Å²) in [7, 11) is 0. The van der Waals surface area contributed by atoms with E-state index >= 15 is 0 Å². The highest BCUT2D eigenvalue weighted by molar-refractivity contribution is 5.76. The Morgan fingerprint density at radius 3 is 2.36 bits per heavy atom. The highest BCUT2D eigenvalue weighted by atomic mass is 19.1. The summed E-state index contributed by atoms with van der Waals surface area (Å²) >= 11 is 0. The first-order valence-corrected chi connectivity index (χ1v) is 12.4. The summed E-state index contributed by atoms with van der Waals surface area (Å²) in [5, 5.41) is 0. The third-order valence-corrected chi connectivity index (χ3v) is 6.91. The number of halogens is 1. The largest absolute Gasteiger partial charge is 0.493 e. The molecule has 0 aromatic heterocycles. The summed E-state index contributed by atoms with van der Waals surface area (Å²) in [6, 6.07) is 15.2. The van der Waals surface area contributed by atoms with Crippen molar-refractivity contribution in [2.45, 2.75) is 65.1 Å². The maximum Gasteiger partial charge on any atom is 0.223 e. The van der Waals surface area contributed by atoms with E-state index < -0.39 is 0 Å². The Labute approximate surface area is 197 Å². The number of benzene rings is 2. The molecule has 178 valence electrons. The van der Waals surface area contributed by atoms with Crippen LogP contribution < -0.4 is 4.74 Å². The average Bonchev–Trinajstić information content (AvgIpc) is 3.27. The maximum atomic E-state index is 13.4. The zero-order valence-electron chi connectivity index (χ0n) is 20.0. The van der Waals surface area contributed by atoms with Gasteiger partial charge in [0, 0.05) is 25.6 Å². The molecule has 2 aromatic carbocycles. The maximum absolute atomic E-state index is 13.4. The smallest absolute Gasteiger partial charge is 0.223 e. The summed E-state index contributed by atoms with van der Waals surface area (Å²) in [6.07, 6.45) is 5.40. The van der Waals surface area contributed by atoms with Gasteiger partial charge in [0.1, 0.15) is 11.6 Å². The first-order chi connectivity index (χ1) is 16.0. The number of carbonyl (C=O) groups excluding carboxylic acids is 1. The molecule has 0 N–H and O–H groups in total. The zero-order valence-corrected chi connectivity index (χ0v) is 20.0. The minimum Gasteiger partial charge on any atom is -0.493 e. The summed E-state index contributed by atoms with van der Waals surface area (Å²) in [5.74, 6) is 1.73. The van der Waals surface area contributed by atoms with Gasteiger partial charge >= 0.3 is 0 Å². The van der Waals surface area contributed by atoms with E-state index in [-0.39, 0.29) is 11.7 Å². The number of ether oxygens (including phenoxy) is 1. The second kappa shape index (κ2) is 11.1. The normalized spacial score (nSPS) is 20.6. The van der Waals surface area contributed by atoms with Crippen molar-refractivity contribution in [1.29, 1.82) is 0 Å². The molecule has 0 bridgehead atoms. The Kier molecular flexibility index (Phi) is 8.02. The van der Waals surface area contributed by atoms with E-state index in [4.69, 9.17) is 4.74 Å². The molecule has 1 unspecified atom stereocenters. The highest BCUT2D eigenvalue weighted by Gasteiger charge is 2.33. The third kappa shape index (κ3) is 6.80. The number of amides is 1. The summed E-state index contributed by atoms with van der Waals surface area (Å²) in [5.41, 5.74) is 2.03. The fourth-order valence-electron chi connectivity index (χ4n) is 5.09. The number of fused-ring (bicyclic) bond motifs is 1. The van der Waals surface area contributed by atoms with E-state index in [1.165, 1.54) is 31.5 Å². The molecule has 2 aliphatic heterocycles. The van der Waals surface area contributed by atoms with Gasteiger partial charge in [-0.2, -0.15) is 0 Å². The lowest BCUT2D eigenvalue weighted by Crippen LogP contribution is -2.40. The molecular weight excluding hydrogens is 415 g/mol. The molecule has 2 atom stereocenters. The lowest BCUT2D eigenvalue weighted by Gasteiger charge is -2.35. The van der Waals surface area contributed by atoms with Crippen LogP contribution in [-0.2, 0) is 17.9 Å². The third-order valence-electron chi connectivity index (χ3n) is 6.91. The standard InChI is InChI=1S/C28H37FN2O2/c1-21(2)20-33-27-11-7-23(8-12-27)19-31(18-22-5-9-25(29)10-6-22)28(32)17-24-13-15-30-14-3-4-26(30)16-24/h5-12,21,24,26H,3-4,13-20H2,1-2H3/t24?,26-/m1/s1. The first-order valence-electron chi connectivity index (χ1n) is 12.4. The van der Waals surface area contributed by atoms with Crippen molar-refractivity contribution >= 4 is 5.91 Å². The van der Waals surface area contributed by atoms with Crippen LogP contribution in [0.15, 0.2) is 48.5 Å². The number of hydrogen-bond donors (Lipinski definition) is 0. The summed E-state index contributed by atoms with van der Waals surface area (Å²) in [6.45, 7) is 8.33. The number of piperidine rings is 1. The second-order valence-electron chi connectivity index (χ2n) is 10.2. The molecule has 1 amide bonds. The van der Waals surface area contributed by atoms with Gasteiger partial charge in [-0.3, -0.25) is 4.79 Å². The molecule has 2 aliphatic rings. The molecule has 2 saturated heterocycles. The van der Waals surface area contributed by atoms with Crippen LogP contribution in [0.5, 0.6) is 5.75 Å². The lowest BCUT2D eigenvalue weighted by molar-refractivity contribution is -0.134. The van der Waals surface area contributed by atoms with E-state index in [9.17, 15) is 9.18 Å². The first kappa shape index (κ1) is 23.7. The molecule has 33 heavy (non-hydrogen) atoms. The molecule has 0 spiro atoms. The molecule has 0 saturated carbocycles. The lowest BCUT2D eigenvalue weighted by atomic mass is 9.88. The number of rotatable bonds is 9. The van der Waals surface area contributed by atoms with E-state index in [1.54, 1.807) is 12.1 Å². The van der Waals surface area contributed by atoms with Crippen LogP contribution in [0.3, 0.4) is 0 Å². The Morgan fingerprint density at radius 2 is 1.70 bits per heavy atom. The molecule has 5 heteroatoms. The minimum absolute atomic E-state index is 0.191.